The van der Waals surface area contributed by atoms with E-state index in [-0.39, 0.29) is 12.5 Å². The van der Waals surface area contributed by atoms with E-state index in [9.17, 15) is 4.79 Å². The summed E-state index contributed by atoms with van der Waals surface area (Å²) >= 11 is 0. The lowest BCUT2D eigenvalue weighted by Gasteiger charge is -2.40. The molecule has 2 unspecified atom stereocenters. The van der Waals surface area contributed by atoms with E-state index in [1.807, 2.05) is 4.90 Å². The third-order valence-corrected chi connectivity index (χ3v) is 3.36. The predicted molar refractivity (Wildman–Crippen MR) is 69.0 cm³/mol. The molecule has 1 heterocycles. The zero-order chi connectivity index (χ0) is 12.7. The van der Waals surface area contributed by atoms with E-state index in [2.05, 4.69) is 26.1 Å². The van der Waals surface area contributed by atoms with Crippen molar-refractivity contribution in [1.29, 1.82) is 0 Å². The Morgan fingerprint density at radius 1 is 1.35 bits per heavy atom. The first kappa shape index (κ1) is 14.5. The molecule has 17 heavy (non-hydrogen) atoms. The average molecular weight is 242 g/mol. The molecule has 0 bridgehead atoms. The van der Waals surface area contributed by atoms with E-state index in [1.54, 1.807) is 0 Å². The van der Waals surface area contributed by atoms with Crippen molar-refractivity contribution in [2.45, 2.75) is 52.1 Å². The summed E-state index contributed by atoms with van der Waals surface area (Å²) in [5.41, 5.74) is 0. The van der Waals surface area contributed by atoms with Crippen molar-refractivity contribution in [2.75, 3.05) is 26.3 Å². The Morgan fingerprint density at radius 3 is 2.71 bits per heavy atom. The highest BCUT2D eigenvalue weighted by molar-refractivity contribution is 5.78. The van der Waals surface area contributed by atoms with Crippen LogP contribution in [0.2, 0.25) is 0 Å². The van der Waals surface area contributed by atoms with Crippen LogP contribution in [0.25, 0.3) is 0 Å². The fourth-order valence-corrected chi connectivity index (χ4v) is 2.19. The van der Waals surface area contributed by atoms with Gasteiger partial charge in [-0.05, 0) is 19.3 Å². The molecule has 1 saturated heterocycles. The van der Waals surface area contributed by atoms with Crippen LogP contribution >= 0.6 is 0 Å². The van der Waals surface area contributed by atoms with E-state index in [0.29, 0.717) is 18.7 Å². The van der Waals surface area contributed by atoms with Gasteiger partial charge in [-0.3, -0.25) is 4.79 Å². The molecule has 1 N–H and O–H groups in total. The van der Waals surface area contributed by atoms with Gasteiger partial charge in [0.05, 0.1) is 0 Å². The molecule has 4 nitrogen and oxygen atoms in total. The van der Waals surface area contributed by atoms with Gasteiger partial charge in [-0.2, -0.15) is 0 Å². The predicted octanol–water partition coefficient (Wildman–Crippen LogP) is 1.40. The van der Waals surface area contributed by atoms with Crippen LogP contribution in [-0.4, -0.2) is 49.2 Å². The number of nitrogens with zero attached hydrogens (tertiary/aromatic N) is 1. The lowest BCUT2D eigenvalue weighted by atomic mass is 10.1. The summed E-state index contributed by atoms with van der Waals surface area (Å²) in [5.74, 6) is 0.144. The van der Waals surface area contributed by atoms with Crippen LogP contribution in [0.15, 0.2) is 0 Å². The summed E-state index contributed by atoms with van der Waals surface area (Å²) in [6, 6.07) is 0.767. The fraction of sp³-hybridized carbons (Fsp3) is 0.923. The molecule has 1 amide bonds. The number of piperazine rings is 1. The number of carbonyl (C=O) groups is 1. The molecule has 1 aliphatic heterocycles. The SMILES string of the molecule is CCCOCC(=O)N1CC(CC)NCC1CC. The van der Waals surface area contributed by atoms with Gasteiger partial charge < -0.3 is 15.0 Å². The first-order chi connectivity index (χ1) is 8.22. The second kappa shape index (κ2) is 7.67. The molecular weight excluding hydrogens is 216 g/mol. The Morgan fingerprint density at radius 2 is 2.12 bits per heavy atom. The standard InChI is InChI=1S/C13H26N2O2/c1-4-7-17-10-13(16)15-9-11(5-2)14-8-12(15)6-3/h11-12,14H,4-10H2,1-3H3. The molecule has 4 heteroatoms. The van der Waals surface area contributed by atoms with Gasteiger partial charge in [0.1, 0.15) is 6.61 Å². The molecule has 1 aliphatic rings. The maximum atomic E-state index is 12.1. The zero-order valence-electron chi connectivity index (χ0n) is 11.4. The van der Waals surface area contributed by atoms with E-state index in [0.717, 1.165) is 32.4 Å². The van der Waals surface area contributed by atoms with Crippen LogP contribution in [-0.2, 0) is 9.53 Å². The van der Waals surface area contributed by atoms with Crippen molar-refractivity contribution in [3.63, 3.8) is 0 Å². The molecule has 0 aromatic rings. The molecule has 0 aliphatic carbocycles. The van der Waals surface area contributed by atoms with Crippen molar-refractivity contribution < 1.29 is 9.53 Å². The Labute approximate surface area is 105 Å². The molecular formula is C13H26N2O2. The summed E-state index contributed by atoms with van der Waals surface area (Å²) in [5, 5.41) is 3.49. The highest BCUT2D eigenvalue weighted by atomic mass is 16.5. The number of rotatable bonds is 6. The average Bonchev–Trinajstić information content (AvgIpc) is 2.38. The monoisotopic (exact) mass is 242 g/mol. The van der Waals surface area contributed by atoms with Crippen LogP contribution in [0.4, 0.5) is 0 Å². The summed E-state index contributed by atoms with van der Waals surface area (Å²) < 4.78 is 5.35. The van der Waals surface area contributed by atoms with Gasteiger partial charge >= 0.3 is 0 Å². The fourth-order valence-electron chi connectivity index (χ4n) is 2.19. The van der Waals surface area contributed by atoms with E-state index >= 15 is 0 Å². The third kappa shape index (κ3) is 4.28. The van der Waals surface area contributed by atoms with Crippen LogP contribution in [0.3, 0.4) is 0 Å². The Bertz CT molecular complexity index is 233. The van der Waals surface area contributed by atoms with Crippen molar-refractivity contribution in [3.05, 3.63) is 0 Å². The second-order valence-electron chi connectivity index (χ2n) is 4.67. The molecule has 1 fully saturated rings. The van der Waals surface area contributed by atoms with Gasteiger partial charge in [0.15, 0.2) is 0 Å². The topological polar surface area (TPSA) is 41.6 Å². The third-order valence-electron chi connectivity index (χ3n) is 3.36. The lowest BCUT2D eigenvalue weighted by Crippen LogP contribution is -2.58. The zero-order valence-corrected chi connectivity index (χ0v) is 11.4. The number of nitrogens with one attached hydrogen (secondary N) is 1. The molecule has 0 aromatic carbocycles. The van der Waals surface area contributed by atoms with Crippen molar-refractivity contribution in [2.24, 2.45) is 0 Å². The maximum Gasteiger partial charge on any atom is 0.248 e. The summed E-state index contributed by atoms with van der Waals surface area (Å²) in [7, 11) is 0. The smallest absolute Gasteiger partial charge is 0.248 e. The Hall–Kier alpha value is -0.610. The molecule has 0 saturated carbocycles. The van der Waals surface area contributed by atoms with Crippen molar-refractivity contribution >= 4 is 5.91 Å². The summed E-state index contributed by atoms with van der Waals surface area (Å²) in [6.07, 6.45) is 3.03. The molecule has 1 rings (SSSR count). The quantitative estimate of drug-likeness (QED) is 0.716. The van der Waals surface area contributed by atoms with Crippen LogP contribution < -0.4 is 5.32 Å². The molecule has 0 radical (unpaired) electrons. The summed E-state index contributed by atoms with van der Waals surface area (Å²) in [6.45, 7) is 8.98. The number of hydrogen-bond donors (Lipinski definition) is 1. The van der Waals surface area contributed by atoms with Gasteiger partial charge in [0.2, 0.25) is 5.91 Å². The Kier molecular flexibility index (Phi) is 6.52. The minimum Gasteiger partial charge on any atom is -0.372 e. The first-order valence-electron chi connectivity index (χ1n) is 6.83. The minimum atomic E-state index is 0.144. The molecule has 100 valence electrons. The van der Waals surface area contributed by atoms with Gasteiger partial charge in [0, 0.05) is 31.8 Å². The second-order valence-corrected chi connectivity index (χ2v) is 4.67. The van der Waals surface area contributed by atoms with E-state index in [4.69, 9.17) is 4.74 Å². The van der Waals surface area contributed by atoms with E-state index < -0.39 is 0 Å². The Balaban J connectivity index is 2.47. The normalized spacial score (nSPS) is 25.0. The number of amides is 1. The van der Waals surface area contributed by atoms with Crippen molar-refractivity contribution in [1.82, 2.24) is 10.2 Å². The van der Waals surface area contributed by atoms with Gasteiger partial charge in [-0.15, -0.1) is 0 Å². The molecule has 2 atom stereocenters. The van der Waals surface area contributed by atoms with Crippen LogP contribution in [0.1, 0.15) is 40.0 Å². The van der Waals surface area contributed by atoms with Crippen molar-refractivity contribution in [3.8, 4) is 0 Å². The van der Waals surface area contributed by atoms with Crippen LogP contribution in [0, 0.1) is 0 Å². The van der Waals surface area contributed by atoms with Gasteiger partial charge in [0.25, 0.3) is 0 Å². The number of ether oxygens (including phenoxy) is 1. The summed E-state index contributed by atoms with van der Waals surface area (Å²) in [4.78, 5) is 14.1. The minimum absolute atomic E-state index is 0.144. The first-order valence-corrected chi connectivity index (χ1v) is 6.83. The van der Waals surface area contributed by atoms with Crippen LogP contribution in [0.5, 0.6) is 0 Å². The highest BCUT2D eigenvalue weighted by Crippen LogP contribution is 2.12. The largest absolute Gasteiger partial charge is 0.372 e. The molecule has 0 aromatic heterocycles. The lowest BCUT2D eigenvalue weighted by molar-refractivity contribution is -0.140. The number of hydrogen-bond acceptors (Lipinski definition) is 3. The van der Waals surface area contributed by atoms with Gasteiger partial charge in [-0.25, -0.2) is 0 Å². The maximum absolute atomic E-state index is 12.1. The highest BCUT2D eigenvalue weighted by Gasteiger charge is 2.29. The van der Waals surface area contributed by atoms with E-state index in [1.165, 1.54) is 0 Å². The van der Waals surface area contributed by atoms with Gasteiger partial charge in [-0.1, -0.05) is 20.8 Å². The number of carbonyl (C=O) groups excluding carboxylic acids is 1. The molecule has 0 spiro atoms.